The zero-order valence-electron chi connectivity index (χ0n) is 4.48. The Labute approximate surface area is 43.1 Å². The van der Waals surface area contributed by atoms with Crippen molar-refractivity contribution in [2.45, 2.75) is 13.3 Å². The van der Waals surface area contributed by atoms with Crippen molar-refractivity contribution in [2.24, 2.45) is 0 Å². The maximum Gasteiger partial charge on any atom is 0.242 e. The lowest BCUT2D eigenvalue weighted by molar-refractivity contribution is -0.113. The average molecular weight is 99.1 g/mol. The first kappa shape index (κ1) is 4.62. The van der Waals surface area contributed by atoms with Crippen LogP contribution in [0.15, 0.2) is 0 Å². The Morgan fingerprint density at radius 1 is 1.86 bits per heavy atom. The van der Waals surface area contributed by atoms with Gasteiger partial charge < -0.3 is 4.90 Å². The van der Waals surface area contributed by atoms with Crippen LogP contribution in [0, 0.1) is 0 Å². The summed E-state index contributed by atoms with van der Waals surface area (Å²) in [6, 6.07) is 0. The van der Waals surface area contributed by atoms with Crippen LogP contribution in [0.4, 0.5) is 0 Å². The van der Waals surface area contributed by atoms with Crippen LogP contribution in [-0.2, 0) is 4.79 Å². The lowest BCUT2D eigenvalue weighted by Gasteiger charge is -1.89. The molecule has 0 aliphatic carbocycles. The minimum Gasteiger partial charge on any atom is -0.332 e. The van der Waals surface area contributed by atoms with Crippen LogP contribution in [-0.4, -0.2) is 23.9 Å². The molecule has 0 aromatic heterocycles. The van der Waals surface area contributed by atoms with Crippen LogP contribution < -0.4 is 0 Å². The van der Waals surface area contributed by atoms with Crippen molar-refractivity contribution < 1.29 is 4.79 Å². The van der Waals surface area contributed by atoms with Gasteiger partial charge in [0.2, 0.25) is 5.91 Å². The lowest BCUT2D eigenvalue weighted by atomic mass is 10.5. The summed E-state index contributed by atoms with van der Waals surface area (Å²) in [4.78, 5) is 12.0. The Bertz CT molecular complexity index is 90.1. The highest BCUT2D eigenvalue weighted by Crippen LogP contribution is 2.05. The van der Waals surface area contributed by atoms with E-state index >= 15 is 0 Å². The summed E-state index contributed by atoms with van der Waals surface area (Å²) in [6.45, 7) is 3.73. The van der Waals surface area contributed by atoms with Gasteiger partial charge in [0.25, 0.3) is 0 Å². The molecule has 7 heavy (non-hydrogen) atoms. The van der Waals surface area contributed by atoms with Crippen molar-refractivity contribution in [2.75, 3.05) is 13.1 Å². The van der Waals surface area contributed by atoms with Crippen LogP contribution in [0.1, 0.15) is 13.3 Å². The molecule has 1 aliphatic rings. The molecule has 1 fully saturated rings. The maximum atomic E-state index is 10.2. The van der Waals surface area contributed by atoms with Gasteiger partial charge in [0.15, 0.2) is 0 Å². The molecular formula is C5H9NO. The van der Waals surface area contributed by atoms with Gasteiger partial charge in [0.1, 0.15) is 0 Å². The van der Waals surface area contributed by atoms with E-state index in [1.807, 2.05) is 4.90 Å². The number of carbonyl (C=O) groups is 1. The third kappa shape index (κ3) is 0.918. The fourth-order valence-electron chi connectivity index (χ4n) is 0.602. The highest BCUT2D eigenvalue weighted by molar-refractivity contribution is 5.92. The fraction of sp³-hybridized carbons (Fsp3) is 0.800. The van der Waals surface area contributed by atoms with E-state index in [0.717, 1.165) is 13.0 Å². The van der Waals surface area contributed by atoms with E-state index < -0.39 is 0 Å². The van der Waals surface area contributed by atoms with Gasteiger partial charge in [-0.1, -0.05) is 6.92 Å². The summed E-state index contributed by atoms with van der Waals surface area (Å²) in [5.41, 5.74) is 0. The summed E-state index contributed by atoms with van der Waals surface area (Å²) < 4.78 is 0. The molecule has 0 radical (unpaired) electrons. The molecule has 0 N–H and O–H groups in total. The quantitative estimate of drug-likeness (QED) is 0.454. The monoisotopic (exact) mass is 99.1 g/mol. The summed E-state index contributed by atoms with van der Waals surface area (Å²) in [6.07, 6.45) is 1.09. The molecule has 0 spiro atoms. The molecule has 40 valence electrons. The Hall–Kier alpha value is -0.530. The normalized spacial score (nSPS) is 17.9. The van der Waals surface area contributed by atoms with E-state index in [4.69, 9.17) is 0 Å². The number of rotatable bonds is 2. The maximum absolute atomic E-state index is 10.2. The number of hydrogen-bond acceptors (Lipinski definition) is 1. The Balaban J connectivity index is 2.09. The topological polar surface area (TPSA) is 20.1 Å². The van der Waals surface area contributed by atoms with Crippen LogP contribution in [0.5, 0.6) is 0 Å². The molecule has 0 atom stereocenters. The van der Waals surface area contributed by atoms with Gasteiger partial charge in [-0.15, -0.1) is 0 Å². The first-order valence-electron chi connectivity index (χ1n) is 2.62. The minimum atomic E-state index is 0.307. The van der Waals surface area contributed by atoms with Gasteiger partial charge in [-0.05, 0) is 6.42 Å². The zero-order valence-corrected chi connectivity index (χ0v) is 4.48. The van der Waals surface area contributed by atoms with Crippen LogP contribution in [0.2, 0.25) is 0 Å². The van der Waals surface area contributed by atoms with E-state index in [-0.39, 0.29) is 0 Å². The third-order valence-corrected chi connectivity index (χ3v) is 1.07. The number of carbonyl (C=O) groups excluding carboxylic acids is 1. The van der Waals surface area contributed by atoms with Crippen LogP contribution in [0.3, 0.4) is 0 Å². The minimum absolute atomic E-state index is 0.307. The van der Waals surface area contributed by atoms with Crippen molar-refractivity contribution in [1.29, 1.82) is 0 Å². The highest BCUT2D eigenvalue weighted by atomic mass is 16.2. The second-order valence-electron chi connectivity index (χ2n) is 1.82. The predicted octanol–water partition coefficient (Wildman–Crippen LogP) is 0.239. The molecule has 1 heterocycles. The number of amides is 1. The Kier molecular flexibility index (Phi) is 1.01. The molecule has 0 saturated carbocycles. The second-order valence-corrected chi connectivity index (χ2v) is 1.82. The first-order valence-corrected chi connectivity index (χ1v) is 2.62. The zero-order chi connectivity index (χ0) is 5.28. The summed E-state index contributed by atoms with van der Waals surface area (Å²) in [7, 11) is 0. The van der Waals surface area contributed by atoms with Crippen molar-refractivity contribution in [3.05, 3.63) is 0 Å². The first-order chi connectivity index (χ1) is 3.34. The molecule has 0 bridgehead atoms. The SMILES string of the molecule is CCCN1CC1=O. The van der Waals surface area contributed by atoms with E-state index in [1.165, 1.54) is 0 Å². The van der Waals surface area contributed by atoms with Gasteiger partial charge >= 0.3 is 0 Å². The van der Waals surface area contributed by atoms with Crippen molar-refractivity contribution >= 4 is 5.91 Å². The molecule has 1 saturated heterocycles. The number of nitrogens with zero attached hydrogens (tertiary/aromatic N) is 1. The molecule has 2 heteroatoms. The largest absolute Gasteiger partial charge is 0.332 e. The molecule has 1 rings (SSSR count). The van der Waals surface area contributed by atoms with Crippen LogP contribution in [0.25, 0.3) is 0 Å². The summed E-state index contributed by atoms with van der Waals surface area (Å²) >= 11 is 0. The molecule has 2 nitrogen and oxygen atoms in total. The van der Waals surface area contributed by atoms with Gasteiger partial charge in [0.05, 0.1) is 6.54 Å². The van der Waals surface area contributed by atoms with E-state index in [9.17, 15) is 4.79 Å². The van der Waals surface area contributed by atoms with Crippen molar-refractivity contribution in [3.63, 3.8) is 0 Å². The Morgan fingerprint density at radius 2 is 2.43 bits per heavy atom. The van der Waals surface area contributed by atoms with Gasteiger partial charge in [-0.25, -0.2) is 0 Å². The standard InChI is InChI=1S/C5H9NO/c1-2-3-6-4-5(6)7/h2-4H2,1H3. The molecule has 0 aromatic rings. The van der Waals surface area contributed by atoms with Gasteiger partial charge in [0, 0.05) is 6.54 Å². The average Bonchev–Trinajstić information content (AvgIpc) is 2.22. The molecule has 0 unspecified atom stereocenters. The van der Waals surface area contributed by atoms with Crippen molar-refractivity contribution in [3.8, 4) is 0 Å². The number of hydrogen-bond donors (Lipinski definition) is 0. The van der Waals surface area contributed by atoms with Crippen molar-refractivity contribution in [1.82, 2.24) is 4.90 Å². The lowest BCUT2D eigenvalue weighted by Crippen LogP contribution is -1.97. The highest BCUT2D eigenvalue weighted by Gasteiger charge is 2.27. The molecule has 1 amide bonds. The van der Waals surface area contributed by atoms with E-state index in [2.05, 4.69) is 6.92 Å². The fourth-order valence-corrected chi connectivity index (χ4v) is 0.602. The smallest absolute Gasteiger partial charge is 0.242 e. The predicted molar refractivity (Wildman–Crippen MR) is 26.9 cm³/mol. The van der Waals surface area contributed by atoms with Gasteiger partial charge in [-0.3, -0.25) is 4.79 Å². The third-order valence-electron chi connectivity index (χ3n) is 1.07. The Morgan fingerprint density at radius 3 is 2.57 bits per heavy atom. The van der Waals surface area contributed by atoms with Gasteiger partial charge in [-0.2, -0.15) is 0 Å². The summed E-state index contributed by atoms with van der Waals surface area (Å²) in [5.74, 6) is 0.307. The molecular weight excluding hydrogens is 90.1 g/mol. The molecule has 1 aliphatic heterocycles. The van der Waals surface area contributed by atoms with E-state index in [1.54, 1.807) is 0 Å². The molecule has 0 aromatic carbocycles. The second kappa shape index (κ2) is 1.52. The van der Waals surface area contributed by atoms with E-state index in [0.29, 0.717) is 12.5 Å². The summed E-state index contributed by atoms with van der Waals surface area (Å²) in [5, 5.41) is 0. The van der Waals surface area contributed by atoms with Crippen LogP contribution >= 0.6 is 0 Å².